The first kappa shape index (κ1) is 19.3. The van der Waals surface area contributed by atoms with Gasteiger partial charge in [-0.05, 0) is 75.3 Å². The summed E-state index contributed by atoms with van der Waals surface area (Å²) in [5.41, 5.74) is 3.70. The number of ether oxygens (including phenoxy) is 2. The van der Waals surface area contributed by atoms with Crippen LogP contribution in [0.4, 0.5) is 0 Å². The lowest BCUT2D eigenvalue weighted by Gasteiger charge is -2.23. The zero-order chi connectivity index (χ0) is 19.2. The largest absolute Gasteiger partial charge is 0.491 e. The quantitative estimate of drug-likeness (QED) is 0.797. The fourth-order valence-corrected chi connectivity index (χ4v) is 3.44. The monoisotopic (exact) mass is 367 g/mol. The van der Waals surface area contributed by atoms with Gasteiger partial charge < -0.3 is 14.8 Å². The van der Waals surface area contributed by atoms with E-state index in [2.05, 4.69) is 11.4 Å². The highest BCUT2D eigenvalue weighted by Gasteiger charge is 2.20. The van der Waals surface area contributed by atoms with E-state index in [1.54, 1.807) is 6.92 Å². The lowest BCUT2D eigenvalue weighted by atomic mass is 9.91. The smallest absolute Gasteiger partial charge is 0.261 e. The fraction of sp³-hybridized carbons (Fsp3) is 0.435. The van der Waals surface area contributed by atoms with Crippen LogP contribution < -0.4 is 14.8 Å². The zero-order valence-electron chi connectivity index (χ0n) is 16.5. The third-order valence-electron chi connectivity index (χ3n) is 5.00. The molecule has 0 saturated heterocycles. The number of benzene rings is 2. The summed E-state index contributed by atoms with van der Waals surface area (Å²) in [6, 6.07) is 13.9. The molecule has 0 fully saturated rings. The molecule has 0 spiro atoms. The van der Waals surface area contributed by atoms with Gasteiger partial charge in [-0.15, -0.1) is 0 Å². The fourth-order valence-electron chi connectivity index (χ4n) is 3.44. The molecule has 1 amide bonds. The molecule has 4 heteroatoms. The summed E-state index contributed by atoms with van der Waals surface area (Å²) >= 11 is 0. The first-order valence-electron chi connectivity index (χ1n) is 9.81. The Balaban J connectivity index is 1.52. The molecule has 144 valence electrons. The van der Waals surface area contributed by atoms with E-state index in [0.29, 0.717) is 6.61 Å². The van der Waals surface area contributed by atoms with Gasteiger partial charge in [0.25, 0.3) is 5.91 Å². The molecule has 1 aliphatic carbocycles. The molecule has 2 aromatic rings. The van der Waals surface area contributed by atoms with E-state index in [1.807, 2.05) is 50.2 Å². The molecule has 0 aliphatic heterocycles. The lowest BCUT2D eigenvalue weighted by Crippen LogP contribution is -2.43. The number of hydrogen-bond acceptors (Lipinski definition) is 3. The molecule has 0 radical (unpaired) electrons. The van der Waals surface area contributed by atoms with Crippen molar-refractivity contribution in [3.05, 3.63) is 59.2 Å². The van der Waals surface area contributed by atoms with E-state index >= 15 is 0 Å². The van der Waals surface area contributed by atoms with Gasteiger partial charge in [0.05, 0.1) is 6.04 Å². The second-order valence-electron chi connectivity index (χ2n) is 7.35. The van der Waals surface area contributed by atoms with Crippen LogP contribution in [0.25, 0.3) is 0 Å². The van der Waals surface area contributed by atoms with Crippen LogP contribution in [0.15, 0.2) is 42.5 Å². The third kappa shape index (κ3) is 5.03. The third-order valence-corrected chi connectivity index (χ3v) is 5.00. The van der Waals surface area contributed by atoms with E-state index < -0.39 is 6.10 Å². The first-order valence-corrected chi connectivity index (χ1v) is 9.81. The second kappa shape index (κ2) is 8.94. The lowest BCUT2D eigenvalue weighted by molar-refractivity contribution is -0.128. The molecule has 0 bridgehead atoms. The van der Waals surface area contributed by atoms with Gasteiger partial charge in [0.15, 0.2) is 6.10 Å². The van der Waals surface area contributed by atoms with Crippen LogP contribution in [0.1, 0.15) is 43.4 Å². The van der Waals surface area contributed by atoms with Crippen LogP contribution in [-0.2, 0) is 17.6 Å². The number of fused-ring (bicyclic) bond motifs is 1. The standard InChI is InChI=1S/C23H29NO3/c1-16-9-4-7-13-21(16)26-15-17(2)24-23(25)18(3)27-22-14-8-11-19-10-5-6-12-20(19)22/h4,7-9,11,13-14,17-18H,5-6,10,12,15H2,1-3H3,(H,24,25)/t17-,18+/m0/s1. The van der Waals surface area contributed by atoms with Gasteiger partial charge in [-0.25, -0.2) is 0 Å². The molecule has 0 heterocycles. The van der Waals surface area contributed by atoms with Gasteiger partial charge >= 0.3 is 0 Å². The average molecular weight is 367 g/mol. The Bertz CT molecular complexity index is 787. The van der Waals surface area contributed by atoms with Crippen LogP contribution in [-0.4, -0.2) is 24.7 Å². The van der Waals surface area contributed by atoms with Gasteiger partial charge in [-0.3, -0.25) is 4.79 Å². The minimum absolute atomic E-state index is 0.104. The van der Waals surface area contributed by atoms with Gasteiger partial charge in [0.2, 0.25) is 0 Å². The van der Waals surface area contributed by atoms with Crippen LogP contribution in [0.5, 0.6) is 11.5 Å². The maximum Gasteiger partial charge on any atom is 0.261 e. The van der Waals surface area contributed by atoms with Crippen molar-refractivity contribution in [3.63, 3.8) is 0 Å². The summed E-state index contributed by atoms with van der Waals surface area (Å²) < 4.78 is 11.8. The van der Waals surface area contributed by atoms with Crippen LogP contribution in [0, 0.1) is 6.92 Å². The van der Waals surface area contributed by atoms with Gasteiger partial charge in [0.1, 0.15) is 18.1 Å². The number of para-hydroxylation sites is 1. The average Bonchev–Trinajstić information content (AvgIpc) is 2.67. The normalized spacial score (nSPS) is 15.4. The summed E-state index contributed by atoms with van der Waals surface area (Å²) in [4.78, 5) is 12.5. The number of nitrogens with one attached hydrogen (secondary N) is 1. The maximum absolute atomic E-state index is 12.5. The van der Waals surface area contributed by atoms with Crippen molar-refractivity contribution in [1.29, 1.82) is 0 Å². The predicted octanol–water partition coefficient (Wildman–Crippen LogP) is 4.22. The van der Waals surface area contributed by atoms with Crippen molar-refractivity contribution >= 4 is 5.91 Å². The zero-order valence-corrected chi connectivity index (χ0v) is 16.5. The summed E-state index contributed by atoms with van der Waals surface area (Å²) in [6.07, 6.45) is 3.99. The van der Waals surface area contributed by atoms with Crippen LogP contribution in [0.3, 0.4) is 0 Å². The Morgan fingerprint density at radius 1 is 1.04 bits per heavy atom. The molecule has 0 unspecified atom stereocenters. The molecule has 2 atom stereocenters. The molecule has 0 aromatic heterocycles. The highest BCUT2D eigenvalue weighted by molar-refractivity contribution is 5.81. The molecule has 4 nitrogen and oxygen atoms in total. The molecule has 27 heavy (non-hydrogen) atoms. The van der Waals surface area contributed by atoms with E-state index in [0.717, 1.165) is 29.9 Å². The number of amides is 1. The minimum Gasteiger partial charge on any atom is -0.491 e. The number of carbonyl (C=O) groups is 1. The summed E-state index contributed by atoms with van der Waals surface area (Å²) in [5, 5.41) is 2.98. The number of rotatable bonds is 7. The predicted molar refractivity (Wildman–Crippen MR) is 107 cm³/mol. The topological polar surface area (TPSA) is 47.6 Å². The van der Waals surface area contributed by atoms with Crippen molar-refractivity contribution in [2.45, 2.75) is 58.6 Å². The van der Waals surface area contributed by atoms with Gasteiger partial charge in [-0.1, -0.05) is 30.3 Å². The first-order chi connectivity index (χ1) is 13.0. The van der Waals surface area contributed by atoms with Crippen LogP contribution >= 0.6 is 0 Å². The molecular weight excluding hydrogens is 338 g/mol. The second-order valence-corrected chi connectivity index (χ2v) is 7.35. The van der Waals surface area contributed by atoms with E-state index in [4.69, 9.17) is 9.47 Å². The Morgan fingerprint density at radius 2 is 1.78 bits per heavy atom. The van der Waals surface area contributed by atoms with Gasteiger partial charge in [0, 0.05) is 0 Å². The Labute approximate surface area is 161 Å². The molecule has 1 aliphatic rings. The van der Waals surface area contributed by atoms with E-state index in [1.165, 1.54) is 24.0 Å². The number of carbonyl (C=O) groups excluding carboxylic acids is 1. The molecule has 2 aromatic carbocycles. The maximum atomic E-state index is 12.5. The Morgan fingerprint density at radius 3 is 2.59 bits per heavy atom. The number of aryl methyl sites for hydroxylation is 2. The van der Waals surface area contributed by atoms with Crippen molar-refractivity contribution in [2.75, 3.05) is 6.61 Å². The Kier molecular flexibility index (Phi) is 6.38. The van der Waals surface area contributed by atoms with Crippen molar-refractivity contribution < 1.29 is 14.3 Å². The summed E-state index contributed by atoms with van der Waals surface area (Å²) in [6.45, 7) is 6.17. The summed E-state index contributed by atoms with van der Waals surface area (Å²) in [7, 11) is 0. The van der Waals surface area contributed by atoms with Crippen molar-refractivity contribution in [2.24, 2.45) is 0 Å². The molecule has 0 saturated carbocycles. The van der Waals surface area contributed by atoms with E-state index in [9.17, 15) is 4.79 Å². The summed E-state index contributed by atoms with van der Waals surface area (Å²) in [5.74, 6) is 1.57. The van der Waals surface area contributed by atoms with Gasteiger partial charge in [-0.2, -0.15) is 0 Å². The van der Waals surface area contributed by atoms with Crippen molar-refractivity contribution in [3.8, 4) is 11.5 Å². The van der Waals surface area contributed by atoms with Crippen LogP contribution in [0.2, 0.25) is 0 Å². The van der Waals surface area contributed by atoms with E-state index in [-0.39, 0.29) is 11.9 Å². The van der Waals surface area contributed by atoms with Crippen molar-refractivity contribution in [1.82, 2.24) is 5.32 Å². The SMILES string of the molecule is Cc1ccccc1OC[C@H](C)NC(=O)[C@@H](C)Oc1cccc2c1CCCC2. The highest BCUT2D eigenvalue weighted by atomic mass is 16.5. The molecule has 3 rings (SSSR count). The highest BCUT2D eigenvalue weighted by Crippen LogP contribution is 2.30. The molecular formula is C23H29NO3. The minimum atomic E-state index is -0.542. The molecule has 1 N–H and O–H groups in total. The Hall–Kier alpha value is -2.49. The number of hydrogen-bond donors (Lipinski definition) is 1.